The highest BCUT2D eigenvalue weighted by Gasteiger charge is 2.20. The smallest absolute Gasteiger partial charge is 0.254 e. The number of carbonyl (C=O) groups excluding carboxylic acids is 1. The number of carbonyl (C=O) groups is 1. The van der Waals surface area contributed by atoms with Gasteiger partial charge in [0.1, 0.15) is 0 Å². The summed E-state index contributed by atoms with van der Waals surface area (Å²) < 4.78 is 4.07. The lowest BCUT2D eigenvalue weighted by atomic mass is 10.1. The summed E-state index contributed by atoms with van der Waals surface area (Å²) in [5.74, 6) is 0.0200. The molecule has 166 valence electrons. The van der Waals surface area contributed by atoms with Crippen LogP contribution in [0.3, 0.4) is 0 Å². The molecule has 1 amide bonds. The molecule has 0 fully saturated rings. The summed E-state index contributed by atoms with van der Waals surface area (Å²) in [7, 11) is 1.87. The van der Waals surface area contributed by atoms with Gasteiger partial charge in [0.05, 0.1) is 11.0 Å². The Hall–Kier alpha value is -3.05. The molecule has 0 spiro atoms. The molecular formula is C26H29ClN4O. The summed E-state index contributed by atoms with van der Waals surface area (Å²) in [6.45, 7) is 7.67. The van der Waals surface area contributed by atoms with Crippen molar-refractivity contribution in [2.24, 2.45) is 7.05 Å². The molecule has 32 heavy (non-hydrogen) atoms. The van der Waals surface area contributed by atoms with E-state index in [2.05, 4.69) is 48.5 Å². The highest BCUT2D eigenvalue weighted by atomic mass is 35.5. The minimum absolute atomic E-state index is 0.0200. The van der Waals surface area contributed by atoms with Gasteiger partial charge in [-0.15, -0.1) is 0 Å². The van der Waals surface area contributed by atoms with Crippen LogP contribution in [0.5, 0.6) is 0 Å². The van der Waals surface area contributed by atoms with Crippen LogP contribution in [0.15, 0.2) is 54.6 Å². The van der Waals surface area contributed by atoms with Gasteiger partial charge in [0, 0.05) is 42.8 Å². The van der Waals surface area contributed by atoms with Crippen LogP contribution in [-0.2, 0) is 13.6 Å². The van der Waals surface area contributed by atoms with E-state index < -0.39 is 0 Å². The van der Waals surface area contributed by atoms with Gasteiger partial charge in [0.25, 0.3) is 5.91 Å². The zero-order chi connectivity index (χ0) is 22.8. The Kier molecular flexibility index (Phi) is 6.38. The molecule has 2 aromatic heterocycles. The Morgan fingerprint density at radius 1 is 1.09 bits per heavy atom. The van der Waals surface area contributed by atoms with E-state index in [1.165, 1.54) is 0 Å². The van der Waals surface area contributed by atoms with Gasteiger partial charge in [0.2, 0.25) is 5.28 Å². The predicted molar refractivity (Wildman–Crippen MR) is 131 cm³/mol. The van der Waals surface area contributed by atoms with E-state index in [1.54, 1.807) is 0 Å². The van der Waals surface area contributed by atoms with Gasteiger partial charge in [0.15, 0.2) is 0 Å². The predicted octanol–water partition coefficient (Wildman–Crippen LogP) is 6.08. The summed E-state index contributed by atoms with van der Waals surface area (Å²) >= 11 is 6.16. The first-order valence-electron chi connectivity index (χ1n) is 11.0. The molecule has 0 saturated carbocycles. The summed E-state index contributed by atoms with van der Waals surface area (Å²) in [4.78, 5) is 19.8. The molecule has 0 saturated heterocycles. The van der Waals surface area contributed by atoms with Crippen molar-refractivity contribution in [2.75, 3.05) is 6.54 Å². The van der Waals surface area contributed by atoms with Crippen LogP contribution < -0.4 is 0 Å². The fourth-order valence-electron chi connectivity index (χ4n) is 4.26. The fraction of sp³-hybridized carbons (Fsp3) is 0.308. The molecule has 0 aliphatic carbocycles. The van der Waals surface area contributed by atoms with Crippen molar-refractivity contribution < 1.29 is 4.79 Å². The minimum atomic E-state index is 0.0200. The molecule has 0 aliphatic rings. The van der Waals surface area contributed by atoms with Crippen molar-refractivity contribution in [2.45, 2.75) is 40.2 Å². The number of halogens is 1. The number of unbranched alkanes of at least 4 members (excludes halogenated alkanes) is 1. The van der Waals surface area contributed by atoms with Gasteiger partial charge in [-0.1, -0.05) is 31.5 Å². The highest BCUT2D eigenvalue weighted by Crippen LogP contribution is 2.24. The van der Waals surface area contributed by atoms with E-state index in [0.717, 1.165) is 46.5 Å². The lowest BCUT2D eigenvalue weighted by Crippen LogP contribution is -2.31. The molecule has 4 rings (SSSR count). The first-order chi connectivity index (χ1) is 15.4. The van der Waals surface area contributed by atoms with Crippen molar-refractivity contribution in [3.05, 3.63) is 82.4 Å². The van der Waals surface area contributed by atoms with Crippen molar-refractivity contribution >= 4 is 28.5 Å². The number of nitrogens with zero attached hydrogens (tertiary/aromatic N) is 4. The zero-order valence-corrected chi connectivity index (χ0v) is 19.9. The van der Waals surface area contributed by atoms with Crippen molar-refractivity contribution in [1.82, 2.24) is 19.0 Å². The fourth-order valence-corrected chi connectivity index (χ4v) is 4.44. The molecule has 0 unspecified atom stereocenters. The van der Waals surface area contributed by atoms with Crippen LogP contribution in [0, 0.1) is 13.8 Å². The number of aryl methyl sites for hydroxylation is 2. The van der Waals surface area contributed by atoms with Gasteiger partial charge < -0.3 is 14.0 Å². The molecular weight excluding hydrogens is 420 g/mol. The van der Waals surface area contributed by atoms with Crippen molar-refractivity contribution in [3.63, 3.8) is 0 Å². The Balaban J connectivity index is 1.65. The maximum atomic E-state index is 13.5. The Bertz CT molecular complexity index is 1260. The first kappa shape index (κ1) is 22.2. The standard InChI is InChI=1S/C26H29ClN4O/c1-5-6-14-30(25(32)20-12-13-24-23(16-20)28-26(27)29(24)4)17-21-15-18(2)31(19(21)3)22-10-8-7-9-11-22/h7-13,15-16H,5-6,14,17H2,1-4H3. The molecule has 0 aliphatic heterocycles. The highest BCUT2D eigenvalue weighted by molar-refractivity contribution is 6.29. The number of imidazole rings is 1. The second kappa shape index (κ2) is 9.21. The Morgan fingerprint density at radius 2 is 1.84 bits per heavy atom. The van der Waals surface area contributed by atoms with E-state index in [-0.39, 0.29) is 5.91 Å². The molecule has 0 radical (unpaired) electrons. The molecule has 4 aromatic rings. The van der Waals surface area contributed by atoms with Crippen LogP contribution >= 0.6 is 11.6 Å². The van der Waals surface area contributed by atoms with Crippen molar-refractivity contribution in [3.8, 4) is 5.69 Å². The summed E-state index contributed by atoms with van der Waals surface area (Å²) in [6, 6.07) is 18.2. The maximum Gasteiger partial charge on any atom is 0.254 e. The number of para-hydroxylation sites is 1. The van der Waals surface area contributed by atoms with E-state index >= 15 is 0 Å². The van der Waals surface area contributed by atoms with Crippen molar-refractivity contribution in [1.29, 1.82) is 0 Å². The van der Waals surface area contributed by atoms with Crippen LogP contribution in [-0.4, -0.2) is 31.5 Å². The van der Waals surface area contributed by atoms with E-state index in [0.29, 0.717) is 23.9 Å². The molecule has 5 nitrogen and oxygen atoms in total. The average molecular weight is 449 g/mol. The second-order valence-corrected chi connectivity index (χ2v) is 8.63. The number of aromatic nitrogens is 3. The number of hydrogen-bond acceptors (Lipinski definition) is 2. The van der Waals surface area contributed by atoms with Gasteiger partial charge in [-0.25, -0.2) is 4.98 Å². The van der Waals surface area contributed by atoms with Gasteiger partial charge in [-0.2, -0.15) is 0 Å². The summed E-state index contributed by atoms with van der Waals surface area (Å²) in [5.41, 5.74) is 6.92. The van der Waals surface area contributed by atoms with Gasteiger partial charge in [-0.3, -0.25) is 4.79 Å². The third-order valence-corrected chi connectivity index (χ3v) is 6.39. The van der Waals surface area contributed by atoms with E-state index in [4.69, 9.17) is 11.6 Å². The second-order valence-electron chi connectivity index (χ2n) is 8.29. The molecule has 0 bridgehead atoms. The normalized spacial score (nSPS) is 11.3. The third kappa shape index (κ3) is 4.17. The van der Waals surface area contributed by atoms with Crippen LogP contribution in [0.25, 0.3) is 16.7 Å². The van der Waals surface area contributed by atoms with E-state index in [9.17, 15) is 4.79 Å². The van der Waals surface area contributed by atoms with E-state index in [1.807, 2.05) is 52.9 Å². The monoisotopic (exact) mass is 448 g/mol. The molecule has 0 atom stereocenters. The third-order valence-electron chi connectivity index (χ3n) is 6.05. The quantitative estimate of drug-likeness (QED) is 0.344. The maximum absolute atomic E-state index is 13.5. The number of benzene rings is 2. The SMILES string of the molecule is CCCCN(Cc1cc(C)n(-c2ccccc2)c1C)C(=O)c1ccc2c(c1)nc(Cl)n2C. The Morgan fingerprint density at radius 3 is 2.56 bits per heavy atom. The molecule has 2 aromatic carbocycles. The minimum Gasteiger partial charge on any atom is -0.334 e. The van der Waals surface area contributed by atoms with Crippen LogP contribution in [0.1, 0.15) is 47.1 Å². The average Bonchev–Trinajstić information content (AvgIpc) is 3.24. The number of amides is 1. The number of fused-ring (bicyclic) bond motifs is 1. The van der Waals surface area contributed by atoms with Crippen LogP contribution in [0.4, 0.5) is 0 Å². The largest absolute Gasteiger partial charge is 0.334 e. The summed E-state index contributed by atoms with van der Waals surface area (Å²) in [5, 5.41) is 0.417. The number of hydrogen-bond donors (Lipinski definition) is 0. The van der Waals surface area contributed by atoms with Gasteiger partial charge >= 0.3 is 0 Å². The lowest BCUT2D eigenvalue weighted by molar-refractivity contribution is 0.0740. The van der Waals surface area contributed by atoms with Gasteiger partial charge in [-0.05, 0) is 73.8 Å². The molecule has 2 heterocycles. The van der Waals surface area contributed by atoms with Crippen LogP contribution in [0.2, 0.25) is 5.28 Å². The topological polar surface area (TPSA) is 43.1 Å². The summed E-state index contributed by atoms with van der Waals surface area (Å²) in [6.07, 6.45) is 1.99. The molecule has 0 N–H and O–H groups in total. The zero-order valence-electron chi connectivity index (χ0n) is 19.1. The number of rotatable bonds is 7. The molecule has 6 heteroatoms. The Labute approximate surface area is 194 Å². The first-order valence-corrected chi connectivity index (χ1v) is 11.4. The lowest BCUT2D eigenvalue weighted by Gasteiger charge is -2.23.